The minimum absolute atomic E-state index is 0.948. The zero-order valence-corrected chi connectivity index (χ0v) is 10.3. The largest absolute Gasteiger partial charge is 0.337 e. The summed E-state index contributed by atoms with van der Waals surface area (Å²) in [5.74, 6) is 0. The normalized spacial score (nSPS) is 10.6. The lowest BCUT2D eigenvalue weighted by molar-refractivity contribution is 0.580. The lowest BCUT2D eigenvalue weighted by Gasteiger charge is -2.05. The molecule has 0 aliphatic rings. The number of rotatable bonds is 6. The van der Waals surface area contributed by atoms with Crippen molar-refractivity contribution in [2.75, 3.05) is 6.54 Å². The number of benzene rings is 1. The van der Waals surface area contributed by atoms with Gasteiger partial charge in [0, 0.05) is 19.3 Å². The van der Waals surface area contributed by atoms with Crippen LogP contribution in [0.25, 0.3) is 0 Å². The topological polar surface area (TPSA) is 29.9 Å². The second kappa shape index (κ2) is 6.21. The third-order valence-electron chi connectivity index (χ3n) is 2.70. The average Bonchev–Trinajstić information content (AvgIpc) is 2.76. The summed E-state index contributed by atoms with van der Waals surface area (Å²) in [6.07, 6.45) is 5.10. The quantitative estimate of drug-likeness (QED) is 0.771. The van der Waals surface area contributed by atoms with E-state index >= 15 is 0 Å². The standard InChI is InChI=1S/C14H19N3/c1-13-11-17(12-16-13)9-5-8-15-10-14-6-3-2-4-7-14/h2-4,6-7,11-12,15H,5,8-10H2,1H3. The molecule has 90 valence electrons. The van der Waals surface area contributed by atoms with E-state index < -0.39 is 0 Å². The zero-order chi connectivity index (χ0) is 11.9. The first-order valence-corrected chi connectivity index (χ1v) is 6.07. The molecule has 0 aliphatic heterocycles. The van der Waals surface area contributed by atoms with Crippen LogP contribution in [0.4, 0.5) is 0 Å². The zero-order valence-electron chi connectivity index (χ0n) is 10.3. The summed E-state index contributed by atoms with van der Waals surface area (Å²) < 4.78 is 2.14. The van der Waals surface area contributed by atoms with Crippen molar-refractivity contribution in [2.45, 2.75) is 26.4 Å². The lowest BCUT2D eigenvalue weighted by Crippen LogP contribution is -2.16. The highest BCUT2D eigenvalue weighted by molar-refractivity contribution is 5.14. The molecule has 1 heterocycles. The molecule has 2 rings (SSSR count). The molecule has 0 saturated carbocycles. The van der Waals surface area contributed by atoms with E-state index in [0.29, 0.717) is 0 Å². The van der Waals surface area contributed by atoms with Gasteiger partial charge in [-0.05, 0) is 25.5 Å². The molecule has 0 atom stereocenters. The van der Waals surface area contributed by atoms with Crippen molar-refractivity contribution in [3.63, 3.8) is 0 Å². The molecule has 1 aromatic carbocycles. The first-order valence-electron chi connectivity index (χ1n) is 6.07. The van der Waals surface area contributed by atoms with Gasteiger partial charge in [-0.15, -0.1) is 0 Å². The van der Waals surface area contributed by atoms with Crippen LogP contribution in [0, 0.1) is 6.92 Å². The fourth-order valence-corrected chi connectivity index (χ4v) is 1.81. The van der Waals surface area contributed by atoms with Crippen LogP contribution in [-0.2, 0) is 13.1 Å². The van der Waals surface area contributed by atoms with Gasteiger partial charge in [0.05, 0.1) is 12.0 Å². The number of nitrogens with one attached hydrogen (secondary N) is 1. The molecule has 0 fully saturated rings. The third-order valence-corrected chi connectivity index (χ3v) is 2.70. The Balaban J connectivity index is 1.61. The second-order valence-corrected chi connectivity index (χ2v) is 4.27. The van der Waals surface area contributed by atoms with Gasteiger partial charge < -0.3 is 9.88 Å². The molecule has 0 spiro atoms. The molecule has 0 radical (unpaired) electrons. The number of aromatic nitrogens is 2. The molecule has 0 aliphatic carbocycles. The number of imidazole rings is 1. The molecule has 0 bridgehead atoms. The van der Waals surface area contributed by atoms with Gasteiger partial charge in [-0.25, -0.2) is 4.98 Å². The number of aryl methyl sites for hydroxylation is 2. The van der Waals surface area contributed by atoms with E-state index in [1.54, 1.807) is 0 Å². The fraction of sp³-hybridized carbons (Fsp3) is 0.357. The minimum atomic E-state index is 0.948. The Labute approximate surface area is 103 Å². The molecule has 1 aromatic heterocycles. The summed E-state index contributed by atoms with van der Waals surface area (Å²) >= 11 is 0. The van der Waals surface area contributed by atoms with E-state index in [2.05, 4.69) is 45.3 Å². The van der Waals surface area contributed by atoms with Gasteiger partial charge in [-0.2, -0.15) is 0 Å². The van der Waals surface area contributed by atoms with Gasteiger partial charge in [0.2, 0.25) is 0 Å². The van der Waals surface area contributed by atoms with Crippen molar-refractivity contribution < 1.29 is 0 Å². The van der Waals surface area contributed by atoms with E-state index in [-0.39, 0.29) is 0 Å². The molecule has 1 N–H and O–H groups in total. The van der Waals surface area contributed by atoms with E-state index in [0.717, 1.165) is 31.7 Å². The Morgan fingerprint density at radius 1 is 1.24 bits per heavy atom. The molecule has 3 nitrogen and oxygen atoms in total. The predicted octanol–water partition coefficient (Wildman–Crippen LogP) is 2.37. The summed E-state index contributed by atoms with van der Waals surface area (Å²) in [5.41, 5.74) is 2.42. The van der Waals surface area contributed by atoms with Crippen LogP contribution in [0.15, 0.2) is 42.9 Å². The minimum Gasteiger partial charge on any atom is -0.337 e. The van der Waals surface area contributed by atoms with Gasteiger partial charge in [-0.3, -0.25) is 0 Å². The second-order valence-electron chi connectivity index (χ2n) is 4.27. The molecule has 0 saturated heterocycles. The van der Waals surface area contributed by atoms with Crippen molar-refractivity contribution in [3.05, 3.63) is 54.1 Å². The summed E-state index contributed by atoms with van der Waals surface area (Å²) in [5, 5.41) is 3.44. The molecular formula is C14H19N3. The van der Waals surface area contributed by atoms with Gasteiger partial charge in [0.25, 0.3) is 0 Å². The highest BCUT2D eigenvalue weighted by Crippen LogP contribution is 1.98. The Kier molecular flexibility index (Phi) is 4.33. The van der Waals surface area contributed by atoms with Crippen LogP contribution in [0.2, 0.25) is 0 Å². The first kappa shape index (κ1) is 11.9. The maximum atomic E-state index is 4.21. The predicted molar refractivity (Wildman–Crippen MR) is 69.7 cm³/mol. The Bertz CT molecular complexity index is 434. The molecular weight excluding hydrogens is 210 g/mol. The summed E-state index contributed by atoms with van der Waals surface area (Å²) in [4.78, 5) is 4.21. The third kappa shape index (κ3) is 4.04. The van der Waals surface area contributed by atoms with Crippen molar-refractivity contribution >= 4 is 0 Å². The van der Waals surface area contributed by atoms with Gasteiger partial charge >= 0.3 is 0 Å². The monoisotopic (exact) mass is 229 g/mol. The number of hydrogen-bond donors (Lipinski definition) is 1. The molecule has 2 aromatic rings. The van der Waals surface area contributed by atoms with Crippen LogP contribution in [0.3, 0.4) is 0 Å². The van der Waals surface area contributed by atoms with Gasteiger partial charge in [0.15, 0.2) is 0 Å². The Morgan fingerprint density at radius 3 is 2.76 bits per heavy atom. The lowest BCUT2D eigenvalue weighted by atomic mass is 10.2. The van der Waals surface area contributed by atoms with Crippen LogP contribution in [0.1, 0.15) is 17.7 Å². The molecule has 0 unspecified atom stereocenters. The Hall–Kier alpha value is -1.61. The van der Waals surface area contributed by atoms with E-state index in [9.17, 15) is 0 Å². The highest BCUT2D eigenvalue weighted by atomic mass is 15.0. The van der Waals surface area contributed by atoms with E-state index in [1.807, 2.05) is 19.3 Å². The van der Waals surface area contributed by atoms with Crippen LogP contribution >= 0.6 is 0 Å². The highest BCUT2D eigenvalue weighted by Gasteiger charge is 1.94. The van der Waals surface area contributed by atoms with Gasteiger partial charge in [0.1, 0.15) is 0 Å². The van der Waals surface area contributed by atoms with E-state index in [4.69, 9.17) is 0 Å². The van der Waals surface area contributed by atoms with Crippen molar-refractivity contribution in [2.24, 2.45) is 0 Å². The molecule has 17 heavy (non-hydrogen) atoms. The van der Waals surface area contributed by atoms with Crippen molar-refractivity contribution in [1.82, 2.24) is 14.9 Å². The maximum Gasteiger partial charge on any atom is 0.0949 e. The number of nitrogens with zero attached hydrogens (tertiary/aromatic N) is 2. The Morgan fingerprint density at radius 2 is 2.06 bits per heavy atom. The SMILES string of the molecule is Cc1cn(CCCNCc2ccccc2)cn1. The van der Waals surface area contributed by atoms with E-state index in [1.165, 1.54) is 5.56 Å². The summed E-state index contributed by atoms with van der Waals surface area (Å²) in [6.45, 7) is 5.03. The summed E-state index contributed by atoms with van der Waals surface area (Å²) in [6, 6.07) is 10.5. The average molecular weight is 229 g/mol. The molecule has 0 amide bonds. The van der Waals surface area contributed by atoms with Crippen molar-refractivity contribution in [3.8, 4) is 0 Å². The van der Waals surface area contributed by atoms with Crippen LogP contribution in [0.5, 0.6) is 0 Å². The molecule has 3 heteroatoms. The fourth-order valence-electron chi connectivity index (χ4n) is 1.81. The van der Waals surface area contributed by atoms with Crippen LogP contribution in [-0.4, -0.2) is 16.1 Å². The maximum absolute atomic E-state index is 4.21. The van der Waals surface area contributed by atoms with Crippen LogP contribution < -0.4 is 5.32 Å². The summed E-state index contributed by atoms with van der Waals surface area (Å²) in [7, 11) is 0. The first-order chi connectivity index (χ1) is 8.34. The number of hydrogen-bond acceptors (Lipinski definition) is 2. The van der Waals surface area contributed by atoms with Crippen molar-refractivity contribution in [1.29, 1.82) is 0 Å². The van der Waals surface area contributed by atoms with Gasteiger partial charge in [-0.1, -0.05) is 30.3 Å². The smallest absolute Gasteiger partial charge is 0.0949 e.